The fraction of sp³-hybridized carbons (Fsp3) is 0.444. The number of carbonyl (C=O) groups is 1. The van der Waals surface area contributed by atoms with E-state index in [9.17, 15) is 4.79 Å². The summed E-state index contributed by atoms with van der Waals surface area (Å²) in [5.74, 6) is 4.70. The molecule has 0 spiro atoms. The molecule has 0 aromatic carbocycles. The van der Waals surface area contributed by atoms with Crippen molar-refractivity contribution >= 4 is 5.97 Å². The van der Waals surface area contributed by atoms with Crippen molar-refractivity contribution in [2.45, 2.75) is 26.2 Å². The topological polar surface area (TPSA) is 81.8 Å². The lowest BCUT2D eigenvalue weighted by atomic mass is 10.2. The van der Waals surface area contributed by atoms with E-state index in [2.05, 4.69) is 21.8 Å². The van der Waals surface area contributed by atoms with Crippen molar-refractivity contribution in [1.29, 1.82) is 0 Å². The molecule has 0 amide bonds. The molecule has 0 saturated carbocycles. The number of nitrogens with two attached hydrogens (primary N) is 1. The number of hydrogen-bond acceptors (Lipinski definition) is 4. The summed E-state index contributed by atoms with van der Waals surface area (Å²) in [4.78, 5) is 17.9. The number of carboxylic acid groups (broad SMARTS) is 1. The highest BCUT2D eigenvalue weighted by molar-refractivity contribution is 5.66. The van der Waals surface area contributed by atoms with Gasteiger partial charge in [0.1, 0.15) is 5.76 Å². The molecule has 14 heavy (non-hydrogen) atoms. The maximum Gasteiger partial charge on any atom is 0.303 e. The molecule has 0 saturated heterocycles. The maximum atomic E-state index is 9.37. The van der Waals surface area contributed by atoms with Gasteiger partial charge in [0, 0.05) is 12.8 Å². The quantitative estimate of drug-likeness (QED) is 0.534. The summed E-state index contributed by atoms with van der Waals surface area (Å²) in [5, 5.41) is 7.72. The summed E-state index contributed by atoms with van der Waals surface area (Å²) in [5.41, 5.74) is 0. The van der Waals surface area contributed by atoms with E-state index in [1.54, 1.807) is 6.92 Å². The number of allylic oxidation sites excluding steroid dienone is 4. The molecular formula is C9H15NO4. The van der Waals surface area contributed by atoms with Gasteiger partial charge in [-0.2, -0.15) is 5.90 Å². The first-order valence-electron chi connectivity index (χ1n) is 4.31. The van der Waals surface area contributed by atoms with Crippen LogP contribution in [-0.2, 0) is 14.7 Å². The Balaban J connectivity index is 0.000000292. The van der Waals surface area contributed by atoms with Crippen LogP contribution in [0.5, 0.6) is 0 Å². The molecule has 1 aliphatic rings. The van der Waals surface area contributed by atoms with Gasteiger partial charge >= 0.3 is 5.97 Å². The predicted molar refractivity (Wildman–Crippen MR) is 50.7 cm³/mol. The van der Waals surface area contributed by atoms with Crippen LogP contribution in [0.2, 0.25) is 0 Å². The van der Waals surface area contributed by atoms with Gasteiger partial charge in [-0.1, -0.05) is 24.1 Å². The summed E-state index contributed by atoms with van der Waals surface area (Å²) in [7, 11) is 0. The van der Waals surface area contributed by atoms with Gasteiger partial charge in [0.05, 0.1) is 0 Å². The van der Waals surface area contributed by atoms with E-state index in [1.807, 2.05) is 12.2 Å². The molecule has 1 rings (SSSR count). The van der Waals surface area contributed by atoms with Crippen LogP contribution >= 0.6 is 0 Å². The Morgan fingerprint density at radius 3 is 2.71 bits per heavy atom. The Hall–Kier alpha value is -1.33. The molecule has 0 radical (unpaired) electrons. The van der Waals surface area contributed by atoms with E-state index in [-0.39, 0.29) is 6.42 Å². The average molecular weight is 201 g/mol. The third-order valence-corrected chi connectivity index (χ3v) is 1.43. The van der Waals surface area contributed by atoms with Gasteiger partial charge in [0.2, 0.25) is 0 Å². The molecule has 0 unspecified atom stereocenters. The van der Waals surface area contributed by atoms with E-state index >= 15 is 0 Å². The highest BCUT2D eigenvalue weighted by atomic mass is 17.3. The number of aliphatic carboxylic acids is 1. The third-order valence-electron chi connectivity index (χ3n) is 1.43. The Labute approximate surface area is 82.7 Å². The van der Waals surface area contributed by atoms with Gasteiger partial charge < -0.3 is 9.99 Å². The van der Waals surface area contributed by atoms with Gasteiger partial charge in [0.25, 0.3) is 0 Å². The summed E-state index contributed by atoms with van der Waals surface area (Å²) >= 11 is 0. The summed E-state index contributed by atoms with van der Waals surface area (Å²) in [6, 6.07) is 0. The number of hydrogen-bond donors (Lipinski definition) is 2. The minimum Gasteiger partial charge on any atom is -0.481 e. The van der Waals surface area contributed by atoms with Gasteiger partial charge in [0.15, 0.2) is 0 Å². The summed E-state index contributed by atoms with van der Waals surface area (Å²) in [6.07, 6.45) is 7.89. The minimum atomic E-state index is -0.745. The molecule has 5 heteroatoms. The fourth-order valence-corrected chi connectivity index (χ4v) is 0.712. The zero-order valence-electron chi connectivity index (χ0n) is 8.10. The molecule has 3 N–H and O–H groups in total. The molecule has 0 bridgehead atoms. The summed E-state index contributed by atoms with van der Waals surface area (Å²) < 4.78 is 0. The van der Waals surface area contributed by atoms with E-state index in [1.165, 1.54) is 0 Å². The molecule has 0 aromatic rings. The van der Waals surface area contributed by atoms with E-state index in [0.29, 0.717) is 0 Å². The third kappa shape index (κ3) is 7.33. The van der Waals surface area contributed by atoms with Gasteiger partial charge in [-0.15, -0.1) is 0 Å². The fourth-order valence-electron chi connectivity index (χ4n) is 0.712. The molecule has 0 heterocycles. The Morgan fingerprint density at radius 2 is 2.36 bits per heavy atom. The van der Waals surface area contributed by atoms with Crippen molar-refractivity contribution in [2.75, 3.05) is 0 Å². The van der Waals surface area contributed by atoms with Crippen LogP contribution in [0, 0.1) is 0 Å². The van der Waals surface area contributed by atoms with E-state index < -0.39 is 5.97 Å². The first-order chi connectivity index (χ1) is 6.70. The van der Waals surface area contributed by atoms with Crippen LogP contribution in [0.15, 0.2) is 24.0 Å². The molecule has 0 atom stereocenters. The van der Waals surface area contributed by atoms with Crippen LogP contribution in [0.3, 0.4) is 0 Å². The molecule has 0 aromatic heterocycles. The van der Waals surface area contributed by atoms with Crippen molar-refractivity contribution < 1.29 is 19.8 Å². The predicted octanol–water partition coefficient (Wildman–Crippen LogP) is 1.52. The van der Waals surface area contributed by atoms with Crippen molar-refractivity contribution in [2.24, 2.45) is 5.90 Å². The zero-order chi connectivity index (χ0) is 10.8. The van der Waals surface area contributed by atoms with Crippen molar-refractivity contribution in [3.63, 3.8) is 0 Å². The Bertz CT molecular complexity index is 223. The normalized spacial score (nSPS) is 13.7. The molecule has 0 aliphatic heterocycles. The zero-order valence-corrected chi connectivity index (χ0v) is 8.10. The average Bonchev–Trinajstić information content (AvgIpc) is 2.21. The highest BCUT2D eigenvalue weighted by Gasteiger charge is 1.99. The van der Waals surface area contributed by atoms with Crippen LogP contribution < -0.4 is 5.90 Å². The number of rotatable bonds is 3. The molecule has 80 valence electrons. The van der Waals surface area contributed by atoms with E-state index in [4.69, 9.17) is 5.11 Å². The molecule has 0 fully saturated rings. The first-order valence-corrected chi connectivity index (χ1v) is 4.31. The second-order valence-corrected chi connectivity index (χ2v) is 2.53. The van der Waals surface area contributed by atoms with Crippen LogP contribution in [0.1, 0.15) is 26.2 Å². The Morgan fingerprint density at radius 1 is 1.71 bits per heavy atom. The highest BCUT2D eigenvalue weighted by Crippen LogP contribution is 2.11. The lowest BCUT2D eigenvalue weighted by Crippen LogP contribution is -2.01. The largest absolute Gasteiger partial charge is 0.481 e. The lowest BCUT2D eigenvalue weighted by molar-refractivity contribution is -0.268. The van der Waals surface area contributed by atoms with Gasteiger partial charge in [-0.3, -0.25) is 4.79 Å². The van der Waals surface area contributed by atoms with Gasteiger partial charge in [-0.05, 0) is 12.5 Å². The van der Waals surface area contributed by atoms with Crippen molar-refractivity contribution in [1.82, 2.24) is 0 Å². The first kappa shape index (κ1) is 12.7. The van der Waals surface area contributed by atoms with Crippen LogP contribution in [-0.4, -0.2) is 11.1 Å². The molecule has 5 nitrogen and oxygen atoms in total. The van der Waals surface area contributed by atoms with Crippen molar-refractivity contribution in [3.05, 3.63) is 24.0 Å². The molecule has 1 aliphatic carbocycles. The van der Waals surface area contributed by atoms with E-state index in [0.717, 1.165) is 18.6 Å². The smallest absolute Gasteiger partial charge is 0.303 e. The van der Waals surface area contributed by atoms with Crippen LogP contribution in [0.4, 0.5) is 0 Å². The standard InChI is InChI=1S/C6H9NO2.C3H6O2/c7-9-8-6-4-2-1-3-5-6;1-2-3(4)5/h1-2,4H,3,5,7H2;2H2,1H3,(H,4,5). The maximum absolute atomic E-state index is 9.37. The monoisotopic (exact) mass is 201 g/mol. The molecular weight excluding hydrogens is 186 g/mol. The second-order valence-electron chi connectivity index (χ2n) is 2.53. The summed E-state index contributed by atoms with van der Waals surface area (Å²) in [6.45, 7) is 1.60. The second kappa shape index (κ2) is 8.28. The lowest BCUT2D eigenvalue weighted by Gasteiger charge is -2.05. The number of carboxylic acids is 1. The SMILES string of the molecule is CCC(=O)O.NOOC1=CC=CCC1. The minimum absolute atomic E-state index is 0.222. The van der Waals surface area contributed by atoms with Crippen molar-refractivity contribution in [3.8, 4) is 0 Å². The van der Waals surface area contributed by atoms with Crippen LogP contribution in [0.25, 0.3) is 0 Å². The Kier molecular flexibility index (Phi) is 7.49. The van der Waals surface area contributed by atoms with Gasteiger partial charge in [-0.25, -0.2) is 0 Å².